The molecule has 0 aliphatic carbocycles. The van der Waals surface area contributed by atoms with E-state index in [9.17, 15) is 0 Å². The molecule has 4 heteroatoms. The third kappa shape index (κ3) is 3.84. The predicted octanol–water partition coefficient (Wildman–Crippen LogP) is 3.76. The molecule has 0 aromatic heterocycles. The summed E-state index contributed by atoms with van der Waals surface area (Å²) < 4.78 is 11.0. The van der Waals surface area contributed by atoms with Gasteiger partial charge in [-0.25, -0.2) is 0 Å². The molecule has 20 heavy (non-hydrogen) atoms. The van der Waals surface area contributed by atoms with Gasteiger partial charge in [0.15, 0.2) is 11.5 Å². The monoisotopic (exact) mass is 289 g/mol. The summed E-state index contributed by atoms with van der Waals surface area (Å²) in [6.07, 6.45) is 0. The molecular formula is C16H19NO2S. The Balaban J connectivity index is 1.83. The van der Waals surface area contributed by atoms with Crippen molar-refractivity contribution in [3.8, 4) is 11.5 Å². The van der Waals surface area contributed by atoms with Crippen LogP contribution in [0.15, 0.2) is 47.4 Å². The van der Waals surface area contributed by atoms with Crippen LogP contribution in [-0.2, 0) is 0 Å². The molecule has 0 radical (unpaired) electrons. The van der Waals surface area contributed by atoms with Crippen molar-refractivity contribution in [3.63, 3.8) is 0 Å². The molecule has 0 atom stereocenters. The molecule has 0 fully saturated rings. The highest BCUT2D eigenvalue weighted by atomic mass is 32.2. The summed E-state index contributed by atoms with van der Waals surface area (Å²) in [7, 11) is 1.65. The van der Waals surface area contributed by atoms with Crippen LogP contribution in [0.1, 0.15) is 5.56 Å². The van der Waals surface area contributed by atoms with Crippen LogP contribution in [0.4, 0.5) is 5.69 Å². The lowest BCUT2D eigenvalue weighted by Crippen LogP contribution is -2.01. The summed E-state index contributed by atoms with van der Waals surface area (Å²) in [5.41, 5.74) is 7.75. The summed E-state index contributed by atoms with van der Waals surface area (Å²) in [6.45, 7) is 2.65. The van der Waals surface area contributed by atoms with Gasteiger partial charge in [-0.1, -0.05) is 12.1 Å². The Morgan fingerprint density at radius 2 is 1.85 bits per heavy atom. The Kier molecular flexibility index (Phi) is 5.18. The van der Waals surface area contributed by atoms with Gasteiger partial charge in [0.25, 0.3) is 0 Å². The van der Waals surface area contributed by atoms with Crippen molar-refractivity contribution in [1.82, 2.24) is 0 Å². The van der Waals surface area contributed by atoms with E-state index >= 15 is 0 Å². The second-order valence-corrected chi connectivity index (χ2v) is 5.53. The van der Waals surface area contributed by atoms with Gasteiger partial charge in [-0.15, -0.1) is 11.8 Å². The maximum Gasteiger partial charge on any atom is 0.161 e. The fourth-order valence-electron chi connectivity index (χ4n) is 1.79. The smallest absolute Gasteiger partial charge is 0.161 e. The zero-order chi connectivity index (χ0) is 14.4. The highest BCUT2D eigenvalue weighted by Crippen LogP contribution is 2.27. The molecule has 0 saturated heterocycles. The van der Waals surface area contributed by atoms with Gasteiger partial charge in [0, 0.05) is 16.3 Å². The van der Waals surface area contributed by atoms with Crippen molar-refractivity contribution in [2.24, 2.45) is 0 Å². The largest absolute Gasteiger partial charge is 0.493 e. The van der Waals surface area contributed by atoms with Crippen molar-refractivity contribution in [2.45, 2.75) is 11.8 Å². The zero-order valence-electron chi connectivity index (χ0n) is 11.8. The van der Waals surface area contributed by atoms with Crippen LogP contribution in [-0.4, -0.2) is 19.5 Å². The quantitative estimate of drug-likeness (QED) is 0.499. The second kappa shape index (κ2) is 7.10. The molecule has 0 aliphatic heterocycles. The summed E-state index contributed by atoms with van der Waals surface area (Å²) in [5, 5.41) is 0. The number of ether oxygens (including phenoxy) is 2. The summed E-state index contributed by atoms with van der Waals surface area (Å²) in [6, 6.07) is 13.8. The number of nitrogen functional groups attached to an aromatic ring is 1. The number of thioether (sulfide) groups is 1. The van der Waals surface area contributed by atoms with E-state index in [-0.39, 0.29) is 0 Å². The number of anilines is 1. The topological polar surface area (TPSA) is 44.5 Å². The number of hydrogen-bond acceptors (Lipinski definition) is 4. The van der Waals surface area contributed by atoms with Gasteiger partial charge >= 0.3 is 0 Å². The Bertz CT molecular complexity index is 572. The van der Waals surface area contributed by atoms with E-state index in [2.05, 4.69) is 6.07 Å². The lowest BCUT2D eigenvalue weighted by molar-refractivity contribution is 0.313. The van der Waals surface area contributed by atoms with Gasteiger partial charge in [-0.3, -0.25) is 0 Å². The first-order valence-corrected chi connectivity index (χ1v) is 7.44. The van der Waals surface area contributed by atoms with Crippen LogP contribution >= 0.6 is 11.8 Å². The number of rotatable bonds is 6. The molecule has 0 saturated carbocycles. The summed E-state index contributed by atoms with van der Waals surface area (Å²) in [4.78, 5) is 1.21. The van der Waals surface area contributed by atoms with E-state index in [0.29, 0.717) is 6.61 Å². The lowest BCUT2D eigenvalue weighted by atomic mass is 10.2. The first-order chi connectivity index (χ1) is 9.70. The van der Waals surface area contributed by atoms with Gasteiger partial charge < -0.3 is 15.2 Å². The third-order valence-corrected chi connectivity index (χ3v) is 3.88. The lowest BCUT2D eigenvalue weighted by Gasteiger charge is -2.10. The Labute approximate surface area is 124 Å². The van der Waals surface area contributed by atoms with Gasteiger partial charge in [0.2, 0.25) is 0 Å². The molecule has 0 heterocycles. The second-order valence-electron chi connectivity index (χ2n) is 4.37. The van der Waals surface area contributed by atoms with Crippen molar-refractivity contribution in [3.05, 3.63) is 48.0 Å². The fraction of sp³-hybridized carbons (Fsp3) is 0.250. The average Bonchev–Trinajstić information content (AvgIpc) is 2.47. The number of hydrogen-bond donors (Lipinski definition) is 1. The fourth-order valence-corrected chi connectivity index (χ4v) is 2.61. The molecule has 0 bridgehead atoms. The molecule has 3 nitrogen and oxygen atoms in total. The average molecular weight is 289 g/mol. The highest BCUT2D eigenvalue weighted by Gasteiger charge is 2.02. The van der Waals surface area contributed by atoms with Crippen LogP contribution in [0.3, 0.4) is 0 Å². The SMILES string of the molecule is COc1ccccc1OCCSc1ccc(N)c(C)c1. The van der Waals surface area contributed by atoms with Crippen LogP contribution < -0.4 is 15.2 Å². The van der Waals surface area contributed by atoms with Crippen LogP contribution in [0.5, 0.6) is 11.5 Å². The minimum Gasteiger partial charge on any atom is -0.493 e. The zero-order valence-corrected chi connectivity index (χ0v) is 12.6. The number of nitrogens with two attached hydrogens (primary N) is 1. The van der Waals surface area contributed by atoms with E-state index in [1.807, 2.05) is 43.3 Å². The Morgan fingerprint density at radius 3 is 2.55 bits per heavy atom. The van der Waals surface area contributed by atoms with Crippen LogP contribution in [0.2, 0.25) is 0 Å². The Hall–Kier alpha value is -1.81. The minimum atomic E-state index is 0.633. The first kappa shape index (κ1) is 14.6. The molecule has 0 spiro atoms. The summed E-state index contributed by atoms with van der Waals surface area (Å²) >= 11 is 1.75. The van der Waals surface area contributed by atoms with E-state index in [1.165, 1.54) is 4.90 Å². The molecule has 0 aliphatic rings. The molecule has 2 aromatic carbocycles. The van der Waals surface area contributed by atoms with Gasteiger partial charge in [0.05, 0.1) is 13.7 Å². The van der Waals surface area contributed by atoms with E-state index in [4.69, 9.17) is 15.2 Å². The molecule has 2 N–H and O–H groups in total. The highest BCUT2D eigenvalue weighted by molar-refractivity contribution is 7.99. The predicted molar refractivity (Wildman–Crippen MR) is 84.8 cm³/mol. The molecule has 0 amide bonds. The number of para-hydroxylation sites is 2. The van der Waals surface area contributed by atoms with Gasteiger partial charge in [-0.05, 0) is 42.8 Å². The number of aryl methyl sites for hydroxylation is 1. The standard InChI is InChI=1S/C16H19NO2S/c1-12-11-13(7-8-14(12)17)20-10-9-19-16-6-4-3-5-15(16)18-2/h3-8,11H,9-10,17H2,1-2H3. The first-order valence-electron chi connectivity index (χ1n) is 6.45. The maximum atomic E-state index is 5.80. The van der Waals surface area contributed by atoms with Gasteiger partial charge in [0.1, 0.15) is 0 Å². The van der Waals surface area contributed by atoms with Crippen LogP contribution in [0, 0.1) is 6.92 Å². The molecular weight excluding hydrogens is 270 g/mol. The van der Waals surface area contributed by atoms with Crippen molar-refractivity contribution < 1.29 is 9.47 Å². The van der Waals surface area contributed by atoms with Crippen molar-refractivity contribution in [1.29, 1.82) is 0 Å². The normalized spacial score (nSPS) is 10.3. The molecule has 0 unspecified atom stereocenters. The van der Waals surface area contributed by atoms with Crippen molar-refractivity contribution in [2.75, 3.05) is 25.2 Å². The minimum absolute atomic E-state index is 0.633. The Morgan fingerprint density at radius 1 is 1.10 bits per heavy atom. The van der Waals surface area contributed by atoms with Crippen molar-refractivity contribution >= 4 is 17.4 Å². The molecule has 2 aromatic rings. The molecule has 2 rings (SSSR count). The van der Waals surface area contributed by atoms with Crippen LogP contribution in [0.25, 0.3) is 0 Å². The number of methoxy groups -OCH3 is 1. The number of benzene rings is 2. The van der Waals surface area contributed by atoms with Gasteiger partial charge in [-0.2, -0.15) is 0 Å². The summed E-state index contributed by atoms with van der Waals surface area (Å²) in [5.74, 6) is 2.42. The third-order valence-electron chi connectivity index (χ3n) is 2.92. The van der Waals surface area contributed by atoms with E-state index in [0.717, 1.165) is 28.5 Å². The van der Waals surface area contributed by atoms with E-state index < -0.39 is 0 Å². The molecule has 106 valence electrons. The van der Waals surface area contributed by atoms with E-state index in [1.54, 1.807) is 18.9 Å². The maximum absolute atomic E-state index is 5.80.